The van der Waals surface area contributed by atoms with Crippen LogP contribution in [-0.4, -0.2) is 34.1 Å². The Morgan fingerprint density at radius 2 is 2.27 bits per heavy atom. The molecule has 2 rings (SSSR count). The van der Waals surface area contributed by atoms with Crippen LogP contribution >= 0.6 is 0 Å². The first-order valence-electron chi connectivity index (χ1n) is 5.29. The summed E-state index contributed by atoms with van der Waals surface area (Å²) < 4.78 is 0. The third kappa shape index (κ3) is 2.03. The Kier molecular flexibility index (Phi) is 2.29. The maximum atomic E-state index is 12.0. The highest BCUT2D eigenvalue weighted by Crippen LogP contribution is 2.21. The van der Waals surface area contributed by atoms with E-state index in [1.165, 1.54) is 0 Å². The molecule has 1 aliphatic heterocycles. The van der Waals surface area contributed by atoms with Crippen molar-refractivity contribution < 1.29 is 4.79 Å². The second-order valence-corrected chi connectivity index (χ2v) is 5.28. The van der Waals surface area contributed by atoms with Gasteiger partial charge in [0.2, 0.25) is 0 Å². The number of carbonyl (C=O) groups excluding carboxylic acids is 1. The van der Waals surface area contributed by atoms with E-state index in [0.717, 1.165) is 30.8 Å². The third-order valence-electron chi connectivity index (χ3n) is 2.52. The van der Waals surface area contributed by atoms with E-state index in [1.807, 2.05) is 4.90 Å². The molecule has 15 heavy (non-hydrogen) atoms. The molecule has 4 nitrogen and oxygen atoms in total. The number of hydrogen-bond donors (Lipinski definition) is 1. The number of aromatic amines is 1. The zero-order valence-electron chi connectivity index (χ0n) is 9.50. The van der Waals surface area contributed by atoms with Crippen molar-refractivity contribution in [3.8, 4) is 0 Å². The zero-order valence-corrected chi connectivity index (χ0v) is 9.50. The molecule has 0 radical (unpaired) electrons. The van der Waals surface area contributed by atoms with Crippen LogP contribution in [0.2, 0.25) is 0 Å². The van der Waals surface area contributed by atoms with Gasteiger partial charge in [-0.05, 0) is 5.41 Å². The SMILES string of the molecule is CC(C)(C)CN1CCc2n[nH]cc2C1=O. The van der Waals surface area contributed by atoms with Crippen LogP contribution in [-0.2, 0) is 6.42 Å². The molecule has 0 spiro atoms. The van der Waals surface area contributed by atoms with Gasteiger partial charge in [0.05, 0.1) is 11.3 Å². The van der Waals surface area contributed by atoms with E-state index >= 15 is 0 Å². The largest absolute Gasteiger partial charge is 0.338 e. The van der Waals surface area contributed by atoms with Crippen LogP contribution in [0, 0.1) is 5.41 Å². The average molecular weight is 207 g/mol. The minimum atomic E-state index is 0.111. The van der Waals surface area contributed by atoms with Crippen molar-refractivity contribution in [2.24, 2.45) is 5.41 Å². The van der Waals surface area contributed by atoms with Gasteiger partial charge in [0.15, 0.2) is 0 Å². The Morgan fingerprint density at radius 1 is 1.53 bits per heavy atom. The van der Waals surface area contributed by atoms with E-state index in [0.29, 0.717) is 0 Å². The van der Waals surface area contributed by atoms with E-state index in [9.17, 15) is 4.79 Å². The third-order valence-corrected chi connectivity index (χ3v) is 2.52. The van der Waals surface area contributed by atoms with Crippen LogP contribution in [0.1, 0.15) is 36.8 Å². The highest BCUT2D eigenvalue weighted by atomic mass is 16.2. The molecule has 0 saturated heterocycles. The quantitative estimate of drug-likeness (QED) is 0.757. The maximum Gasteiger partial charge on any atom is 0.257 e. The molecular formula is C11H17N3O. The molecule has 0 fully saturated rings. The lowest BCUT2D eigenvalue weighted by Gasteiger charge is -2.32. The minimum Gasteiger partial charge on any atom is -0.338 e. The summed E-state index contributed by atoms with van der Waals surface area (Å²) in [5.74, 6) is 0.111. The van der Waals surface area contributed by atoms with Crippen LogP contribution in [0.5, 0.6) is 0 Å². The van der Waals surface area contributed by atoms with Gasteiger partial charge >= 0.3 is 0 Å². The van der Waals surface area contributed by atoms with Crippen molar-refractivity contribution in [2.75, 3.05) is 13.1 Å². The molecule has 4 heteroatoms. The predicted molar refractivity (Wildman–Crippen MR) is 57.7 cm³/mol. The Hall–Kier alpha value is -1.32. The molecule has 1 aromatic heterocycles. The molecule has 0 saturated carbocycles. The smallest absolute Gasteiger partial charge is 0.257 e. The van der Waals surface area contributed by atoms with Gasteiger partial charge < -0.3 is 4.90 Å². The van der Waals surface area contributed by atoms with Crippen LogP contribution in [0.4, 0.5) is 0 Å². The molecule has 0 aliphatic carbocycles. The van der Waals surface area contributed by atoms with Crippen LogP contribution in [0.15, 0.2) is 6.20 Å². The molecule has 1 amide bonds. The fourth-order valence-corrected chi connectivity index (χ4v) is 1.93. The summed E-state index contributed by atoms with van der Waals surface area (Å²) in [4.78, 5) is 13.9. The Morgan fingerprint density at radius 3 is 2.93 bits per heavy atom. The van der Waals surface area contributed by atoms with Crippen molar-refractivity contribution in [1.29, 1.82) is 0 Å². The molecule has 1 aliphatic rings. The molecule has 0 aromatic carbocycles. The summed E-state index contributed by atoms with van der Waals surface area (Å²) >= 11 is 0. The van der Waals surface area contributed by atoms with Crippen molar-refractivity contribution in [1.82, 2.24) is 15.1 Å². The normalized spacial score (nSPS) is 16.7. The first-order chi connectivity index (χ1) is 6.97. The predicted octanol–water partition coefficient (Wildman–Crippen LogP) is 1.45. The van der Waals surface area contributed by atoms with Crippen molar-refractivity contribution in [3.05, 3.63) is 17.5 Å². The van der Waals surface area contributed by atoms with Crippen LogP contribution < -0.4 is 0 Å². The molecular weight excluding hydrogens is 190 g/mol. The van der Waals surface area contributed by atoms with Crippen molar-refractivity contribution >= 4 is 5.91 Å². The van der Waals surface area contributed by atoms with E-state index in [1.54, 1.807) is 6.20 Å². The van der Waals surface area contributed by atoms with E-state index < -0.39 is 0 Å². The van der Waals surface area contributed by atoms with Gasteiger partial charge in [-0.1, -0.05) is 20.8 Å². The second-order valence-electron chi connectivity index (χ2n) is 5.28. The lowest BCUT2D eigenvalue weighted by atomic mass is 9.94. The summed E-state index contributed by atoms with van der Waals surface area (Å²) in [5, 5.41) is 6.82. The van der Waals surface area contributed by atoms with E-state index in [-0.39, 0.29) is 11.3 Å². The second kappa shape index (κ2) is 3.36. The summed E-state index contributed by atoms with van der Waals surface area (Å²) in [6, 6.07) is 0. The fourth-order valence-electron chi connectivity index (χ4n) is 1.93. The maximum absolute atomic E-state index is 12.0. The number of nitrogens with one attached hydrogen (secondary N) is 1. The molecule has 0 atom stereocenters. The van der Waals surface area contributed by atoms with Gasteiger partial charge in [-0.15, -0.1) is 0 Å². The molecule has 2 heterocycles. The molecule has 1 aromatic rings. The number of rotatable bonds is 1. The van der Waals surface area contributed by atoms with Gasteiger partial charge in [-0.3, -0.25) is 9.89 Å². The molecule has 0 bridgehead atoms. The lowest BCUT2D eigenvalue weighted by Crippen LogP contribution is -2.42. The first-order valence-corrected chi connectivity index (χ1v) is 5.29. The van der Waals surface area contributed by atoms with Crippen molar-refractivity contribution in [2.45, 2.75) is 27.2 Å². The first kappa shape index (κ1) is 10.2. The van der Waals surface area contributed by atoms with E-state index in [4.69, 9.17) is 0 Å². The van der Waals surface area contributed by atoms with Gasteiger partial charge in [-0.25, -0.2) is 0 Å². The molecule has 82 valence electrons. The van der Waals surface area contributed by atoms with E-state index in [2.05, 4.69) is 31.0 Å². The standard InChI is InChI=1S/C11H17N3O/c1-11(2,3)7-14-5-4-9-8(10(14)15)6-12-13-9/h6H,4-5,7H2,1-3H3,(H,12,13). The summed E-state index contributed by atoms with van der Waals surface area (Å²) in [5.41, 5.74) is 1.80. The monoisotopic (exact) mass is 207 g/mol. The Bertz CT molecular complexity index is 375. The lowest BCUT2D eigenvalue weighted by molar-refractivity contribution is 0.0678. The topological polar surface area (TPSA) is 49.0 Å². The zero-order chi connectivity index (χ0) is 11.1. The number of amides is 1. The van der Waals surface area contributed by atoms with Crippen LogP contribution in [0.3, 0.4) is 0 Å². The minimum absolute atomic E-state index is 0.111. The Balaban J connectivity index is 2.17. The number of H-pyrrole nitrogens is 1. The number of hydrogen-bond acceptors (Lipinski definition) is 2. The highest BCUT2D eigenvalue weighted by molar-refractivity contribution is 5.96. The molecule has 1 N–H and O–H groups in total. The molecule has 0 unspecified atom stereocenters. The van der Waals surface area contributed by atoms with Crippen molar-refractivity contribution in [3.63, 3.8) is 0 Å². The number of aromatic nitrogens is 2. The van der Waals surface area contributed by atoms with Crippen LogP contribution in [0.25, 0.3) is 0 Å². The number of carbonyl (C=O) groups is 1. The summed E-state index contributed by atoms with van der Waals surface area (Å²) in [6.45, 7) is 8.02. The van der Waals surface area contributed by atoms with Gasteiger partial charge in [0.25, 0.3) is 5.91 Å². The average Bonchev–Trinajstić information content (AvgIpc) is 2.56. The fraction of sp³-hybridized carbons (Fsp3) is 0.636. The number of fused-ring (bicyclic) bond motifs is 1. The Labute approximate surface area is 89.7 Å². The number of nitrogens with zero attached hydrogens (tertiary/aromatic N) is 2. The van der Waals surface area contributed by atoms with Gasteiger partial charge in [0, 0.05) is 25.7 Å². The van der Waals surface area contributed by atoms with Gasteiger partial charge in [-0.2, -0.15) is 5.10 Å². The summed E-state index contributed by atoms with van der Waals surface area (Å²) in [6.07, 6.45) is 2.56. The highest BCUT2D eigenvalue weighted by Gasteiger charge is 2.28. The van der Waals surface area contributed by atoms with Gasteiger partial charge in [0.1, 0.15) is 0 Å². The summed E-state index contributed by atoms with van der Waals surface area (Å²) in [7, 11) is 0.